The summed E-state index contributed by atoms with van der Waals surface area (Å²) < 4.78 is 40.1. The van der Waals surface area contributed by atoms with Gasteiger partial charge < -0.3 is 5.32 Å². The Hall–Kier alpha value is -3.73. The van der Waals surface area contributed by atoms with E-state index in [1.165, 1.54) is 29.1 Å². The second-order valence-corrected chi connectivity index (χ2v) is 7.86. The van der Waals surface area contributed by atoms with E-state index >= 15 is 0 Å². The van der Waals surface area contributed by atoms with Gasteiger partial charge in [-0.05, 0) is 23.8 Å². The molecular formula is C22H16F3N5O2S. The molecule has 0 atom stereocenters. The first kappa shape index (κ1) is 22.5. The standard InChI is InChI=1S/C22H16F3N5O2S/c23-22(24,25)15-7-4-8-16(11-15)28-17(31)13-33-21-29-19-18(26-9-10-27-19)20(32)30(21)12-14-5-2-1-3-6-14/h1-11H,12-13H2,(H,28,31). The molecule has 0 bridgehead atoms. The van der Waals surface area contributed by atoms with E-state index in [1.807, 2.05) is 30.3 Å². The summed E-state index contributed by atoms with van der Waals surface area (Å²) in [5, 5.41) is 2.69. The maximum absolute atomic E-state index is 13.0. The number of alkyl halides is 3. The Balaban J connectivity index is 1.57. The SMILES string of the molecule is O=C(CSc1nc2nccnc2c(=O)n1Cc1ccccc1)Nc1cccc(C(F)(F)F)c1. The zero-order valence-electron chi connectivity index (χ0n) is 16.9. The number of aromatic nitrogens is 4. The fourth-order valence-electron chi connectivity index (χ4n) is 3.05. The van der Waals surface area contributed by atoms with Gasteiger partial charge in [-0.1, -0.05) is 48.2 Å². The van der Waals surface area contributed by atoms with Crippen LogP contribution in [0.5, 0.6) is 0 Å². The normalized spacial score (nSPS) is 11.5. The van der Waals surface area contributed by atoms with Gasteiger partial charge in [-0.15, -0.1) is 0 Å². The summed E-state index contributed by atoms with van der Waals surface area (Å²) in [6, 6.07) is 13.6. The molecule has 0 aliphatic rings. The largest absolute Gasteiger partial charge is 0.416 e. The summed E-state index contributed by atoms with van der Waals surface area (Å²) in [7, 11) is 0. The minimum absolute atomic E-state index is 0.0226. The van der Waals surface area contributed by atoms with Crippen molar-refractivity contribution in [2.24, 2.45) is 0 Å². The average molecular weight is 471 g/mol. The number of nitrogens with zero attached hydrogens (tertiary/aromatic N) is 4. The van der Waals surface area contributed by atoms with Crippen molar-refractivity contribution in [3.63, 3.8) is 0 Å². The van der Waals surface area contributed by atoms with Crippen molar-refractivity contribution in [2.75, 3.05) is 11.1 Å². The van der Waals surface area contributed by atoms with Crippen LogP contribution >= 0.6 is 11.8 Å². The molecule has 0 aliphatic heterocycles. The van der Waals surface area contributed by atoms with E-state index in [2.05, 4.69) is 20.3 Å². The highest BCUT2D eigenvalue weighted by Crippen LogP contribution is 2.30. The van der Waals surface area contributed by atoms with Gasteiger partial charge in [0, 0.05) is 18.1 Å². The van der Waals surface area contributed by atoms with Crippen LogP contribution < -0.4 is 10.9 Å². The highest BCUT2D eigenvalue weighted by atomic mass is 32.2. The van der Waals surface area contributed by atoms with E-state index in [4.69, 9.17) is 0 Å². The van der Waals surface area contributed by atoms with Gasteiger partial charge >= 0.3 is 6.18 Å². The lowest BCUT2D eigenvalue weighted by Crippen LogP contribution is -2.25. The topological polar surface area (TPSA) is 89.8 Å². The molecule has 0 saturated carbocycles. The number of rotatable bonds is 6. The number of hydrogen-bond acceptors (Lipinski definition) is 6. The number of anilines is 1. The Morgan fingerprint density at radius 1 is 1.03 bits per heavy atom. The molecule has 2 heterocycles. The summed E-state index contributed by atoms with van der Waals surface area (Å²) in [4.78, 5) is 37.9. The smallest absolute Gasteiger partial charge is 0.325 e. The second-order valence-electron chi connectivity index (χ2n) is 6.92. The van der Waals surface area contributed by atoms with Gasteiger partial charge in [-0.2, -0.15) is 13.2 Å². The lowest BCUT2D eigenvalue weighted by atomic mass is 10.2. The highest BCUT2D eigenvalue weighted by Gasteiger charge is 2.30. The quantitative estimate of drug-likeness (QED) is 0.338. The van der Waals surface area contributed by atoms with Crippen LogP contribution in [0.25, 0.3) is 11.2 Å². The average Bonchev–Trinajstić information content (AvgIpc) is 2.80. The maximum Gasteiger partial charge on any atom is 0.416 e. The van der Waals surface area contributed by atoms with Gasteiger partial charge in [0.15, 0.2) is 16.3 Å². The molecule has 2 aromatic heterocycles. The fraction of sp³-hybridized carbons (Fsp3) is 0.136. The van der Waals surface area contributed by atoms with Crippen LogP contribution in [0.4, 0.5) is 18.9 Å². The molecule has 0 fully saturated rings. The molecule has 1 N–H and O–H groups in total. The van der Waals surface area contributed by atoms with Crippen molar-refractivity contribution >= 4 is 34.5 Å². The first-order chi connectivity index (χ1) is 15.8. The number of halogens is 3. The summed E-state index contributed by atoms with van der Waals surface area (Å²) in [6.07, 6.45) is -1.71. The second kappa shape index (κ2) is 9.41. The molecular weight excluding hydrogens is 455 g/mol. The number of thioether (sulfide) groups is 1. The van der Waals surface area contributed by atoms with Crippen molar-refractivity contribution < 1.29 is 18.0 Å². The van der Waals surface area contributed by atoms with E-state index in [1.54, 1.807) is 0 Å². The van der Waals surface area contributed by atoms with Crippen LogP contribution in [-0.4, -0.2) is 31.2 Å². The zero-order chi connectivity index (χ0) is 23.4. The van der Waals surface area contributed by atoms with Crippen LogP contribution in [0.15, 0.2) is 76.9 Å². The molecule has 2 aromatic carbocycles. The molecule has 7 nitrogen and oxygen atoms in total. The minimum Gasteiger partial charge on any atom is -0.325 e. The molecule has 0 saturated heterocycles. The molecule has 1 amide bonds. The molecule has 11 heteroatoms. The zero-order valence-corrected chi connectivity index (χ0v) is 17.7. The van der Waals surface area contributed by atoms with Crippen molar-refractivity contribution in [1.82, 2.24) is 19.5 Å². The number of amides is 1. The lowest BCUT2D eigenvalue weighted by molar-refractivity contribution is -0.137. The van der Waals surface area contributed by atoms with Crippen molar-refractivity contribution in [3.05, 3.63) is 88.5 Å². The molecule has 4 aromatic rings. The van der Waals surface area contributed by atoms with Crippen LogP contribution in [-0.2, 0) is 17.5 Å². The predicted molar refractivity (Wildman–Crippen MR) is 118 cm³/mol. The van der Waals surface area contributed by atoms with Gasteiger partial charge in [-0.3, -0.25) is 14.2 Å². The third kappa shape index (κ3) is 5.37. The van der Waals surface area contributed by atoms with E-state index in [0.29, 0.717) is 0 Å². The number of benzene rings is 2. The molecule has 168 valence electrons. The van der Waals surface area contributed by atoms with Crippen molar-refractivity contribution in [3.8, 4) is 0 Å². The van der Waals surface area contributed by atoms with Gasteiger partial charge in [0.2, 0.25) is 5.91 Å². The van der Waals surface area contributed by atoms with Crippen molar-refractivity contribution in [2.45, 2.75) is 17.9 Å². The Kier molecular flexibility index (Phi) is 6.40. The molecule has 33 heavy (non-hydrogen) atoms. The fourth-order valence-corrected chi connectivity index (χ4v) is 3.83. The predicted octanol–water partition coefficient (Wildman–Crippen LogP) is 3.98. The third-order valence-corrected chi connectivity index (χ3v) is 5.53. The number of carbonyl (C=O) groups is 1. The molecule has 0 radical (unpaired) electrons. The van der Waals surface area contributed by atoms with Gasteiger partial charge in [0.05, 0.1) is 17.9 Å². The minimum atomic E-state index is -4.51. The lowest BCUT2D eigenvalue weighted by Gasteiger charge is -2.13. The Bertz CT molecular complexity index is 1360. The monoisotopic (exact) mass is 471 g/mol. The Labute approximate surface area is 189 Å². The first-order valence-electron chi connectivity index (χ1n) is 9.66. The van der Waals surface area contributed by atoms with Crippen LogP contribution in [0.3, 0.4) is 0 Å². The van der Waals surface area contributed by atoms with E-state index < -0.39 is 23.2 Å². The van der Waals surface area contributed by atoms with Gasteiger partial charge in [0.1, 0.15) is 0 Å². The van der Waals surface area contributed by atoms with Gasteiger partial charge in [-0.25, -0.2) is 15.0 Å². The Morgan fingerprint density at radius 3 is 2.55 bits per heavy atom. The van der Waals surface area contributed by atoms with Crippen LogP contribution in [0.2, 0.25) is 0 Å². The van der Waals surface area contributed by atoms with E-state index in [9.17, 15) is 22.8 Å². The van der Waals surface area contributed by atoms with Crippen LogP contribution in [0, 0.1) is 0 Å². The molecule has 0 unspecified atom stereocenters. The van der Waals surface area contributed by atoms with E-state index in [0.717, 1.165) is 29.5 Å². The summed E-state index contributed by atoms with van der Waals surface area (Å²) in [6.45, 7) is 0.205. The van der Waals surface area contributed by atoms with Gasteiger partial charge in [0.25, 0.3) is 5.56 Å². The molecule has 0 aliphatic carbocycles. The number of hydrogen-bond donors (Lipinski definition) is 1. The highest BCUT2D eigenvalue weighted by molar-refractivity contribution is 7.99. The van der Waals surface area contributed by atoms with Crippen molar-refractivity contribution in [1.29, 1.82) is 0 Å². The number of carbonyl (C=O) groups excluding carboxylic acids is 1. The van der Waals surface area contributed by atoms with Crippen LogP contribution in [0.1, 0.15) is 11.1 Å². The number of nitrogens with one attached hydrogen (secondary N) is 1. The summed E-state index contributed by atoms with van der Waals surface area (Å²) in [5.74, 6) is -0.720. The number of fused-ring (bicyclic) bond motifs is 1. The molecule has 0 spiro atoms. The summed E-state index contributed by atoms with van der Waals surface area (Å²) >= 11 is 0.982. The summed E-state index contributed by atoms with van der Waals surface area (Å²) in [5.41, 5.74) is -0.148. The van der Waals surface area contributed by atoms with E-state index in [-0.39, 0.29) is 34.3 Å². The third-order valence-electron chi connectivity index (χ3n) is 4.55. The molecule has 4 rings (SSSR count). The first-order valence-corrected chi connectivity index (χ1v) is 10.7. The maximum atomic E-state index is 13.0. The Morgan fingerprint density at radius 2 is 1.79 bits per heavy atom.